The molecule has 1 aliphatic heterocycles. The maximum atomic E-state index is 11.9. The highest BCUT2D eigenvalue weighted by atomic mass is 16.3. The highest BCUT2D eigenvalue weighted by molar-refractivity contribution is 5.78. The van der Waals surface area contributed by atoms with E-state index in [1.165, 1.54) is 11.1 Å². The van der Waals surface area contributed by atoms with E-state index in [0.29, 0.717) is 30.4 Å². The van der Waals surface area contributed by atoms with E-state index in [1.807, 2.05) is 13.0 Å². The van der Waals surface area contributed by atoms with Crippen molar-refractivity contribution in [2.75, 3.05) is 13.6 Å². The number of hydrogen-bond donors (Lipinski definition) is 1. The zero-order chi connectivity index (χ0) is 16.8. The van der Waals surface area contributed by atoms with Gasteiger partial charge in [0.15, 0.2) is 0 Å². The number of phenols is 1. The predicted octanol–water partition coefficient (Wildman–Crippen LogP) is 3.68. The monoisotopic (exact) mass is 315 g/mol. The summed E-state index contributed by atoms with van der Waals surface area (Å²) >= 11 is 0. The van der Waals surface area contributed by atoms with Crippen LogP contribution in [0.3, 0.4) is 0 Å². The van der Waals surface area contributed by atoms with Crippen LogP contribution in [0.2, 0.25) is 0 Å². The summed E-state index contributed by atoms with van der Waals surface area (Å²) in [4.78, 5) is 14.4. The van der Waals surface area contributed by atoms with Gasteiger partial charge in [-0.1, -0.05) is 26.8 Å². The molecule has 3 atom stereocenters. The van der Waals surface area contributed by atoms with Gasteiger partial charge in [0.25, 0.3) is 0 Å². The zero-order valence-corrected chi connectivity index (χ0v) is 14.9. The molecular weight excluding hydrogens is 286 g/mol. The van der Waals surface area contributed by atoms with Crippen molar-refractivity contribution in [2.24, 2.45) is 5.41 Å². The Kier molecular flexibility index (Phi) is 4.04. The third-order valence-electron chi connectivity index (χ3n) is 6.91. The number of aromatic hydroxyl groups is 1. The van der Waals surface area contributed by atoms with Crippen LogP contribution in [-0.4, -0.2) is 35.4 Å². The molecule has 23 heavy (non-hydrogen) atoms. The van der Waals surface area contributed by atoms with Gasteiger partial charge in [0.1, 0.15) is 11.5 Å². The summed E-state index contributed by atoms with van der Waals surface area (Å²) in [5.74, 6) is 0.714. The third kappa shape index (κ3) is 2.40. The van der Waals surface area contributed by atoms with Crippen molar-refractivity contribution in [1.29, 1.82) is 0 Å². The smallest absolute Gasteiger partial charge is 0.132 e. The highest BCUT2D eigenvalue weighted by Crippen LogP contribution is 2.58. The molecule has 3 heteroatoms. The molecule has 3 unspecified atom stereocenters. The van der Waals surface area contributed by atoms with Crippen LogP contribution in [0, 0.1) is 5.41 Å². The van der Waals surface area contributed by atoms with Crippen molar-refractivity contribution in [3.8, 4) is 5.75 Å². The van der Waals surface area contributed by atoms with Crippen molar-refractivity contribution in [3.05, 3.63) is 29.3 Å². The fraction of sp³-hybridized carbons (Fsp3) is 0.650. The van der Waals surface area contributed by atoms with E-state index >= 15 is 0 Å². The fourth-order valence-electron chi connectivity index (χ4n) is 5.00. The van der Waals surface area contributed by atoms with E-state index in [-0.39, 0.29) is 10.8 Å². The second-order valence-corrected chi connectivity index (χ2v) is 7.93. The van der Waals surface area contributed by atoms with Gasteiger partial charge >= 0.3 is 0 Å². The minimum atomic E-state index is 0.0184. The van der Waals surface area contributed by atoms with Gasteiger partial charge in [0, 0.05) is 24.3 Å². The van der Waals surface area contributed by atoms with Gasteiger partial charge < -0.3 is 10.0 Å². The summed E-state index contributed by atoms with van der Waals surface area (Å²) in [7, 11) is 2.22. The van der Waals surface area contributed by atoms with Gasteiger partial charge in [0.05, 0.1) is 0 Å². The van der Waals surface area contributed by atoms with Crippen molar-refractivity contribution >= 4 is 5.78 Å². The number of Topliss-reactive ketones (excluding diaryl/α,β-unsaturated/α-hetero) is 1. The minimum absolute atomic E-state index is 0.0184. The molecule has 0 spiro atoms. The molecular formula is C20H29NO2. The van der Waals surface area contributed by atoms with E-state index < -0.39 is 0 Å². The first-order chi connectivity index (χ1) is 10.8. The molecule has 1 saturated heterocycles. The van der Waals surface area contributed by atoms with Crippen molar-refractivity contribution in [3.63, 3.8) is 0 Å². The van der Waals surface area contributed by atoms with E-state index in [2.05, 4.69) is 31.9 Å². The van der Waals surface area contributed by atoms with Crippen molar-refractivity contribution in [1.82, 2.24) is 4.90 Å². The van der Waals surface area contributed by atoms with Gasteiger partial charge in [0.2, 0.25) is 0 Å². The predicted molar refractivity (Wildman–Crippen MR) is 92.8 cm³/mol. The average Bonchev–Trinajstić information content (AvgIpc) is 2.53. The number of carbonyl (C=O) groups is 1. The first-order valence-electron chi connectivity index (χ1n) is 8.86. The van der Waals surface area contributed by atoms with Crippen LogP contribution in [0.5, 0.6) is 5.75 Å². The lowest BCUT2D eigenvalue weighted by Crippen LogP contribution is -2.64. The van der Waals surface area contributed by atoms with E-state index in [9.17, 15) is 9.90 Å². The first kappa shape index (κ1) is 16.5. The Bertz CT molecular complexity index is 626. The molecule has 1 aromatic carbocycles. The molecule has 1 aliphatic carbocycles. The van der Waals surface area contributed by atoms with Crippen molar-refractivity contribution < 1.29 is 9.90 Å². The van der Waals surface area contributed by atoms with Crippen LogP contribution in [-0.2, 0) is 16.6 Å². The third-order valence-corrected chi connectivity index (χ3v) is 6.91. The van der Waals surface area contributed by atoms with Crippen LogP contribution in [0.4, 0.5) is 0 Å². The molecule has 0 saturated carbocycles. The van der Waals surface area contributed by atoms with Crippen LogP contribution in [0.1, 0.15) is 57.6 Å². The second kappa shape index (κ2) is 5.62. The number of ketones is 1. The number of likely N-dealkylation sites (N-methyl/N-ethyl adjacent to an activating group) is 1. The van der Waals surface area contributed by atoms with E-state index in [1.54, 1.807) is 6.07 Å². The number of piperidine rings is 1. The number of phenolic OH excluding ortho intramolecular Hbond substituents is 1. The zero-order valence-electron chi connectivity index (χ0n) is 14.9. The summed E-state index contributed by atoms with van der Waals surface area (Å²) in [6.45, 7) is 7.74. The summed E-state index contributed by atoms with van der Waals surface area (Å²) in [5.41, 5.74) is 2.74. The van der Waals surface area contributed by atoms with Crippen LogP contribution >= 0.6 is 0 Å². The summed E-state index contributed by atoms with van der Waals surface area (Å²) < 4.78 is 0. The molecule has 3 nitrogen and oxygen atoms in total. The summed E-state index contributed by atoms with van der Waals surface area (Å²) in [5, 5.41) is 10.0. The minimum Gasteiger partial charge on any atom is -0.508 e. The number of rotatable bonds is 4. The van der Waals surface area contributed by atoms with Gasteiger partial charge in [-0.05, 0) is 61.5 Å². The molecule has 2 bridgehead atoms. The lowest BCUT2D eigenvalue weighted by Gasteiger charge is -2.62. The fourth-order valence-corrected chi connectivity index (χ4v) is 5.00. The second-order valence-electron chi connectivity index (χ2n) is 7.93. The summed E-state index contributed by atoms with van der Waals surface area (Å²) in [6, 6.07) is 6.33. The normalized spacial score (nSPS) is 33.3. The molecule has 0 amide bonds. The van der Waals surface area contributed by atoms with E-state index in [4.69, 9.17) is 0 Å². The Labute approximate surface area is 139 Å². The quantitative estimate of drug-likeness (QED) is 0.921. The van der Waals surface area contributed by atoms with Crippen molar-refractivity contribution in [2.45, 2.75) is 64.3 Å². The maximum absolute atomic E-state index is 11.9. The first-order valence-corrected chi connectivity index (χ1v) is 8.86. The number of carbonyl (C=O) groups excluding carboxylic acids is 1. The topological polar surface area (TPSA) is 40.5 Å². The maximum Gasteiger partial charge on any atom is 0.132 e. The molecule has 1 aromatic rings. The van der Waals surface area contributed by atoms with Crippen LogP contribution < -0.4 is 0 Å². The highest BCUT2D eigenvalue weighted by Gasteiger charge is 2.57. The Balaban J connectivity index is 2.06. The van der Waals surface area contributed by atoms with Crippen LogP contribution in [0.15, 0.2) is 18.2 Å². The van der Waals surface area contributed by atoms with Crippen LogP contribution in [0.25, 0.3) is 0 Å². The molecule has 1 heterocycles. The molecule has 0 aromatic heterocycles. The molecule has 2 aliphatic rings. The Morgan fingerprint density at radius 3 is 2.83 bits per heavy atom. The molecule has 1 fully saturated rings. The van der Waals surface area contributed by atoms with Gasteiger partial charge in [-0.3, -0.25) is 4.79 Å². The van der Waals surface area contributed by atoms with E-state index in [0.717, 1.165) is 25.8 Å². The number of hydrogen-bond acceptors (Lipinski definition) is 3. The summed E-state index contributed by atoms with van der Waals surface area (Å²) in [6.07, 6.45) is 4.32. The molecule has 126 valence electrons. The molecule has 0 radical (unpaired) electrons. The van der Waals surface area contributed by atoms with Gasteiger partial charge in [-0.15, -0.1) is 0 Å². The Morgan fingerprint density at radius 1 is 1.39 bits per heavy atom. The Morgan fingerprint density at radius 2 is 2.13 bits per heavy atom. The Hall–Kier alpha value is -1.35. The number of likely N-dealkylation sites (tertiary alicyclic amines) is 1. The van der Waals surface area contributed by atoms with Gasteiger partial charge in [-0.25, -0.2) is 0 Å². The molecule has 3 rings (SSSR count). The number of fused-ring (bicyclic) bond motifs is 4. The lowest BCUT2D eigenvalue weighted by atomic mass is 9.49. The van der Waals surface area contributed by atoms with Gasteiger partial charge in [-0.2, -0.15) is 0 Å². The molecule has 1 N–H and O–H groups in total. The largest absolute Gasteiger partial charge is 0.508 e. The average molecular weight is 315 g/mol. The lowest BCUT2D eigenvalue weighted by molar-refractivity contribution is -0.120. The number of nitrogens with zero attached hydrogens (tertiary/aromatic N) is 1. The number of benzene rings is 1. The SMILES string of the molecule is CCC(=O)CCC1(C)C2Cc3ccc(O)cc3C1(C)CCN2C. The standard InChI is InChI=1S/C20H29NO2/c1-5-15(22)8-9-20(3)18-12-14-6-7-16(23)13-17(14)19(20,2)10-11-21(18)4/h6-7,13,18,23H,5,8-12H2,1-4H3.